The van der Waals surface area contributed by atoms with Crippen molar-refractivity contribution in [1.82, 2.24) is 9.88 Å². The first kappa shape index (κ1) is 21.1. The molecule has 0 bridgehead atoms. The summed E-state index contributed by atoms with van der Waals surface area (Å²) < 4.78 is 9.78. The van der Waals surface area contributed by atoms with Crippen molar-refractivity contribution >= 4 is 29.8 Å². The number of ether oxygens (including phenoxy) is 2. The van der Waals surface area contributed by atoms with Gasteiger partial charge >= 0.3 is 24.0 Å². The van der Waals surface area contributed by atoms with Gasteiger partial charge in [0.05, 0.1) is 5.56 Å². The van der Waals surface area contributed by atoms with Crippen molar-refractivity contribution in [3.05, 3.63) is 23.4 Å². The Labute approximate surface area is 162 Å². The van der Waals surface area contributed by atoms with Crippen LogP contribution in [0.2, 0.25) is 0 Å². The highest BCUT2D eigenvalue weighted by atomic mass is 16.6. The number of hydrogen-bond acceptors (Lipinski definition) is 8. The van der Waals surface area contributed by atoms with E-state index in [9.17, 15) is 24.3 Å². The monoisotopic (exact) mass is 393 g/mol. The van der Waals surface area contributed by atoms with Crippen LogP contribution in [0.5, 0.6) is 0 Å². The minimum Gasteiger partial charge on any atom is -0.476 e. The molecule has 2 rings (SSSR count). The van der Waals surface area contributed by atoms with Crippen molar-refractivity contribution < 1.29 is 33.8 Å². The molecule has 1 aliphatic rings. The van der Waals surface area contributed by atoms with Crippen molar-refractivity contribution in [3.8, 4) is 0 Å². The van der Waals surface area contributed by atoms with Gasteiger partial charge in [-0.05, 0) is 32.9 Å². The Morgan fingerprint density at radius 3 is 2.18 bits per heavy atom. The van der Waals surface area contributed by atoms with Crippen LogP contribution < -0.4 is 4.90 Å². The van der Waals surface area contributed by atoms with Gasteiger partial charge in [-0.25, -0.2) is 19.4 Å². The second kappa shape index (κ2) is 8.24. The molecule has 1 aromatic heterocycles. The van der Waals surface area contributed by atoms with Gasteiger partial charge in [0.2, 0.25) is 0 Å². The molecule has 0 radical (unpaired) electrons. The Balaban J connectivity index is 2.12. The Kier molecular flexibility index (Phi) is 6.22. The molecule has 0 spiro atoms. The van der Waals surface area contributed by atoms with Gasteiger partial charge in [0.1, 0.15) is 11.4 Å². The third kappa shape index (κ3) is 5.41. The molecule has 0 aliphatic carbocycles. The molecular weight excluding hydrogens is 370 g/mol. The van der Waals surface area contributed by atoms with E-state index in [1.54, 1.807) is 30.6 Å². The molecule has 0 unspecified atom stereocenters. The molecule has 1 aromatic rings. The predicted molar refractivity (Wildman–Crippen MR) is 97.3 cm³/mol. The molecule has 1 amide bonds. The summed E-state index contributed by atoms with van der Waals surface area (Å²) in [6.45, 7) is 8.02. The first-order valence-corrected chi connectivity index (χ1v) is 8.68. The van der Waals surface area contributed by atoms with Crippen LogP contribution in [-0.2, 0) is 14.3 Å². The topological polar surface area (TPSA) is 126 Å². The zero-order chi connectivity index (χ0) is 21.1. The SMILES string of the molecule is CC(=O)OC(=O)c1ccc(N2CCN(C(=O)OC(C)(C)C)CC2)nc1C(=O)O. The van der Waals surface area contributed by atoms with Gasteiger partial charge in [-0.1, -0.05) is 0 Å². The maximum absolute atomic E-state index is 12.1. The van der Waals surface area contributed by atoms with Crippen LogP contribution in [0.4, 0.5) is 10.6 Å². The Morgan fingerprint density at radius 1 is 1.07 bits per heavy atom. The van der Waals surface area contributed by atoms with Gasteiger partial charge in [0, 0.05) is 33.1 Å². The molecule has 1 fully saturated rings. The first-order chi connectivity index (χ1) is 13.0. The lowest BCUT2D eigenvalue weighted by Gasteiger charge is -2.36. The van der Waals surface area contributed by atoms with Crippen molar-refractivity contribution in [3.63, 3.8) is 0 Å². The number of esters is 2. The van der Waals surface area contributed by atoms with E-state index in [1.807, 2.05) is 0 Å². The quantitative estimate of drug-likeness (QED) is 0.601. The maximum Gasteiger partial charge on any atom is 0.410 e. The summed E-state index contributed by atoms with van der Waals surface area (Å²) in [5.41, 5.74) is -1.40. The van der Waals surface area contributed by atoms with Gasteiger partial charge in [-0.15, -0.1) is 0 Å². The van der Waals surface area contributed by atoms with E-state index in [1.165, 1.54) is 12.1 Å². The average molecular weight is 393 g/mol. The van der Waals surface area contributed by atoms with E-state index in [0.717, 1.165) is 6.92 Å². The number of nitrogens with zero attached hydrogens (tertiary/aromatic N) is 3. The summed E-state index contributed by atoms with van der Waals surface area (Å²) in [5.74, 6) is -2.98. The number of carbonyl (C=O) groups excluding carboxylic acids is 3. The van der Waals surface area contributed by atoms with E-state index in [-0.39, 0.29) is 5.56 Å². The third-order valence-corrected chi connectivity index (χ3v) is 3.79. The highest BCUT2D eigenvalue weighted by Gasteiger charge is 2.28. The number of piperazine rings is 1. The lowest BCUT2D eigenvalue weighted by atomic mass is 10.2. The fourth-order valence-electron chi connectivity index (χ4n) is 2.58. The molecule has 1 saturated heterocycles. The van der Waals surface area contributed by atoms with Crippen LogP contribution in [0, 0.1) is 0 Å². The molecule has 0 aromatic carbocycles. The smallest absolute Gasteiger partial charge is 0.410 e. The zero-order valence-electron chi connectivity index (χ0n) is 16.2. The number of amides is 1. The first-order valence-electron chi connectivity index (χ1n) is 8.68. The van der Waals surface area contributed by atoms with E-state index >= 15 is 0 Å². The summed E-state index contributed by atoms with van der Waals surface area (Å²) in [5, 5.41) is 9.35. The summed E-state index contributed by atoms with van der Waals surface area (Å²) >= 11 is 0. The molecule has 10 heteroatoms. The van der Waals surface area contributed by atoms with E-state index in [2.05, 4.69) is 9.72 Å². The van der Waals surface area contributed by atoms with Gasteiger partial charge in [-0.2, -0.15) is 0 Å². The van der Waals surface area contributed by atoms with Crippen molar-refractivity contribution in [1.29, 1.82) is 0 Å². The number of carboxylic acids is 1. The summed E-state index contributed by atoms with van der Waals surface area (Å²) in [6.07, 6.45) is -0.409. The van der Waals surface area contributed by atoms with E-state index in [4.69, 9.17) is 4.74 Å². The standard InChI is InChI=1S/C18H23N3O7/c1-11(22)27-16(25)12-5-6-13(19-14(12)15(23)24)20-7-9-21(10-8-20)17(26)28-18(2,3)4/h5-6H,7-10H2,1-4H3,(H,23,24). The summed E-state index contributed by atoms with van der Waals surface area (Å²) in [4.78, 5) is 53.8. The zero-order valence-corrected chi connectivity index (χ0v) is 16.2. The highest BCUT2D eigenvalue weighted by Crippen LogP contribution is 2.19. The van der Waals surface area contributed by atoms with Gasteiger partial charge < -0.3 is 24.4 Å². The molecule has 28 heavy (non-hydrogen) atoms. The Morgan fingerprint density at radius 2 is 1.68 bits per heavy atom. The number of carbonyl (C=O) groups is 4. The maximum atomic E-state index is 12.1. The lowest BCUT2D eigenvalue weighted by molar-refractivity contribution is -0.135. The van der Waals surface area contributed by atoms with E-state index < -0.39 is 35.3 Å². The van der Waals surface area contributed by atoms with Crippen LogP contribution in [0.1, 0.15) is 48.5 Å². The molecule has 2 heterocycles. The molecule has 0 atom stereocenters. The predicted octanol–water partition coefficient (Wildman–Crippen LogP) is 1.54. The largest absolute Gasteiger partial charge is 0.476 e. The van der Waals surface area contributed by atoms with E-state index in [0.29, 0.717) is 32.0 Å². The van der Waals surface area contributed by atoms with Crippen LogP contribution in [0.15, 0.2) is 12.1 Å². The van der Waals surface area contributed by atoms with Gasteiger partial charge in [0.15, 0.2) is 5.69 Å². The third-order valence-electron chi connectivity index (χ3n) is 3.79. The van der Waals surface area contributed by atoms with Gasteiger partial charge in [0.25, 0.3) is 0 Å². The average Bonchev–Trinajstić information content (AvgIpc) is 2.59. The summed E-state index contributed by atoms with van der Waals surface area (Å²) in [6, 6.07) is 2.74. The van der Waals surface area contributed by atoms with Crippen LogP contribution in [0.3, 0.4) is 0 Å². The lowest BCUT2D eigenvalue weighted by Crippen LogP contribution is -2.50. The van der Waals surface area contributed by atoms with Crippen molar-refractivity contribution in [2.45, 2.75) is 33.3 Å². The van der Waals surface area contributed by atoms with Crippen LogP contribution in [-0.4, -0.2) is 70.8 Å². The van der Waals surface area contributed by atoms with Gasteiger partial charge in [-0.3, -0.25) is 4.79 Å². The number of hydrogen-bond donors (Lipinski definition) is 1. The minimum atomic E-state index is -1.41. The highest BCUT2D eigenvalue weighted by molar-refractivity contribution is 6.04. The number of carboxylic acid groups (broad SMARTS) is 1. The molecule has 0 saturated carbocycles. The van der Waals surface area contributed by atoms with Crippen molar-refractivity contribution in [2.75, 3.05) is 31.1 Å². The molecular formula is C18H23N3O7. The van der Waals surface area contributed by atoms with Crippen LogP contribution in [0.25, 0.3) is 0 Å². The van der Waals surface area contributed by atoms with Crippen molar-refractivity contribution in [2.24, 2.45) is 0 Å². The molecule has 10 nitrogen and oxygen atoms in total. The summed E-state index contributed by atoms with van der Waals surface area (Å²) in [7, 11) is 0. The number of aromatic nitrogens is 1. The molecule has 1 N–H and O–H groups in total. The minimum absolute atomic E-state index is 0.307. The Hall–Kier alpha value is -3.17. The number of rotatable bonds is 3. The number of pyridine rings is 1. The number of aromatic carboxylic acids is 1. The molecule has 1 aliphatic heterocycles. The fourth-order valence-corrected chi connectivity index (χ4v) is 2.58. The Bertz CT molecular complexity index is 793. The fraction of sp³-hybridized carbons (Fsp3) is 0.500. The normalized spacial score (nSPS) is 14.4. The second-order valence-corrected chi connectivity index (χ2v) is 7.21. The second-order valence-electron chi connectivity index (χ2n) is 7.21. The molecule has 152 valence electrons. The number of anilines is 1. The van der Waals surface area contributed by atoms with Crippen LogP contribution >= 0.6 is 0 Å².